The maximum atomic E-state index is 6.13. The first-order valence-corrected chi connectivity index (χ1v) is 9.46. The molecule has 2 aromatic rings. The zero-order valence-corrected chi connectivity index (χ0v) is 17.3. The maximum absolute atomic E-state index is 6.13. The third-order valence-electron chi connectivity index (χ3n) is 5.54. The lowest BCUT2D eigenvalue weighted by atomic mass is 9.79. The highest BCUT2D eigenvalue weighted by atomic mass is 16.7. The lowest BCUT2D eigenvalue weighted by Crippen LogP contribution is -2.41. The first-order valence-electron chi connectivity index (χ1n) is 9.46. The smallest absolute Gasteiger partial charge is 0.494 e. The van der Waals surface area contributed by atoms with Gasteiger partial charge in [-0.25, -0.2) is 0 Å². The molecule has 0 saturated carbocycles. The van der Waals surface area contributed by atoms with Crippen molar-refractivity contribution in [3.63, 3.8) is 0 Å². The molecule has 1 aliphatic rings. The van der Waals surface area contributed by atoms with Crippen molar-refractivity contribution in [3.8, 4) is 5.75 Å². The lowest BCUT2D eigenvalue weighted by molar-refractivity contribution is 0.00578. The van der Waals surface area contributed by atoms with Crippen LogP contribution in [0.5, 0.6) is 5.75 Å². The van der Waals surface area contributed by atoms with Crippen molar-refractivity contribution in [1.29, 1.82) is 0 Å². The van der Waals surface area contributed by atoms with E-state index in [1.165, 1.54) is 11.1 Å². The van der Waals surface area contributed by atoms with Gasteiger partial charge in [0.15, 0.2) is 0 Å². The molecular formula is C22H30BNO3. The van der Waals surface area contributed by atoms with Crippen LogP contribution in [-0.2, 0) is 22.4 Å². The Labute approximate surface area is 163 Å². The highest BCUT2D eigenvalue weighted by Crippen LogP contribution is 2.36. The van der Waals surface area contributed by atoms with Gasteiger partial charge >= 0.3 is 7.12 Å². The molecule has 0 N–H and O–H groups in total. The molecule has 3 rings (SSSR count). The number of rotatable bonds is 6. The highest BCUT2D eigenvalue weighted by molar-refractivity contribution is 6.62. The van der Waals surface area contributed by atoms with Crippen LogP contribution in [0.1, 0.15) is 38.8 Å². The minimum Gasteiger partial charge on any atom is -0.497 e. The molecule has 27 heavy (non-hydrogen) atoms. The zero-order chi connectivity index (χ0) is 19.7. The van der Waals surface area contributed by atoms with Crippen LogP contribution in [0.25, 0.3) is 0 Å². The average Bonchev–Trinajstić information content (AvgIpc) is 2.83. The van der Waals surface area contributed by atoms with E-state index in [4.69, 9.17) is 14.0 Å². The predicted octanol–water partition coefficient (Wildman–Crippen LogP) is 3.63. The number of hydrogen-bond donors (Lipinski definition) is 0. The van der Waals surface area contributed by atoms with E-state index in [1.54, 1.807) is 7.11 Å². The van der Waals surface area contributed by atoms with E-state index in [2.05, 4.69) is 76.0 Å². The van der Waals surface area contributed by atoms with Crippen LogP contribution in [0.4, 0.5) is 0 Å². The van der Waals surface area contributed by atoms with Gasteiger partial charge in [0.05, 0.1) is 18.3 Å². The minimum atomic E-state index is -0.312. The molecule has 1 saturated heterocycles. The van der Waals surface area contributed by atoms with E-state index >= 15 is 0 Å². The van der Waals surface area contributed by atoms with Crippen molar-refractivity contribution >= 4 is 12.6 Å². The quantitative estimate of drug-likeness (QED) is 0.730. The fourth-order valence-electron chi connectivity index (χ4n) is 3.21. The first-order chi connectivity index (χ1) is 12.7. The molecule has 144 valence electrons. The van der Waals surface area contributed by atoms with E-state index in [-0.39, 0.29) is 18.3 Å². The van der Waals surface area contributed by atoms with Crippen LogP contribution in [0, 0.1) is 0 Å². The molecule has 0 aromatic heterocycles. The Hall–Kier alpha value is -1.82. The van der Waals surface area contributed by atoms with Crippen molar-refractivity contribution in [1.82, 2.24) is 4.90 Å². The molecule has 0 spiro atoms. The normalized spacial score (nSPS) is 18.1. The summed E-state index contributed by atoms with van der Waals surface area (Å²) in [6.07, 6.45) is 0. The van der Waals surface area contributed by atoms with Gasteiger partial charge in [0, 0.05) is 13.1 Å². The topological polar surface area (TPSA) is 30.9 Å². The molecule has 1 aliphatic heterocycles. The van der Waals surface area contributed by atoms with Gasteiger partial charge in [-0.1, -0.05) is 36.4 Å². The fraction of sp³-hybridized carbons (Fsp3) is 0.455. The molecule has 1 heterocycles. The molecule has 0 atom stereocenters. The lowest BCUT2D eigenvalue weighted by Gasteiger charge is -2.32. The van der Waals surface area contributed by atoms with Crippen molar-refractivity contribution < 1.29 is 14.0 Å². The molecule has 1 fully saturated rings. The van der Waals surface area contributed by atoms with E-state index in [0.29, 0.717) is 0 Å². The molecule has 0 bridgehead atoms. The number of methoxy groups -OCH3 is 1. The molecule has 0 aliphatic carbocycles. The SMILES string of the molecule is COc1cccc(CN(C)Cc2ccc(B3OC(C)(C)C(C)(C)O3)cc2)c1. The van der Waals surface area contributed by atoms with E-state index in [9.17, 15) is 0 Å². The van der Waals surface area contributed by atoms with Crippen molar-refractivity contribution in [2.24, 2.45) is 0 Å². The molecule has 5 heteroatoms. The van der Waals surface area contributed by atoms with Gasteiger partial charge in [-0.15, -0.1) is 0 Å². The summed E-state index contributed by atoms with van der Waals surface area (Å²) in [5.74, 6) is 0.896. The molecule has 0 radical (unpaired) electrons. The van der Waals surface area contributed by atoms with Crippen molar-refractivity contribution in [2.45, 2.75) is 52.0 Å². The molecule has 2 aromatic carbocycles. The summed E-state index contributed by atoms with van der Waals surface area (Å²) in [7, 11) is 3.52. The maximum Gasteiger partial charge on any atom is 0.494 e. The second-order valence-corrected chi connectivity index (χ2v) is 8.35. The van der Waals surface area contributed by atoms with Gasteiger partial charge in [0.25, 0.3) is 0 Å². The standard InChI is InChI=1S/C22H30BNO3/c1-21(2)22(3,4)27-23(26-21)19-12-10-17(11-13-19)15-24(5)16-18-8-7-9-20(14-18)25-6/h7-14H,15-16H2,1-6H3. The van der Waals surface area contributed by atoms with Crippen molar-refractivity contribution in [2.75, 3.05) is 14.2 Å². The Morgan fingerprint density at radius 1 is 0.889 bits per heavy atom. The third kappa shape index (κ3) is 4.54. The van der Waals surface area contributed by atoms with E-state index in [1.807, 2.05) is 12.1 Å². The van der Waals surface area contributed by atoms with Gasteiger partial charge in [0.2, 0.25) is 0 Å². The second-order valence-electron chi connectivity index (χ2n) is 8.35. The third-order valence-corrected chi connectivity index (χ3v) is 5.54. The minimum absolute atomic E-state index is 0.307. The summed E-state index contributed by atoms with van der Waals surface area (Å²) in [6, 6.07) is 16.7. The summed E-state index contributed by atoms with van der Waals surface area (Å²) >= 11 is 0. The Bertz CT molecular complexity index is 757. The summed E-state index contributed by atoms with van der Waals surface area (Å²) in [5.41, 5.74) is 2.94. The van der Waals surface area contributed by atoms with Crippen LogP contribution >= 0.6 is 0 Å². The molecule has 0 unspecified atom stereocenters. The monoisotopic (exact) mass is 367 g/mol. The highest BCUT2D eigenvalue weighted by Gasteiger charge is 2.51. The second kappa shape index (κ2) is 7.66. The van der Waals surface area contributed by atoms with Crippen LogP contribution in [0.2, 0.25) is 0 Å². The Morgan fingerprint density at radius 2 is 1.48 bits per heavy atom. The van der Waals surface area contributed by atoms with Gasteiger partial charge in [0.1, 0.15) is 5.75 Å². The molecule has 0 amide bonds. The predicted molar refractivity (Wildman–Crippen MR) is 110 cm³/mol. The zero-order valence-electron chi connectivity index (χ0n) is 17.3. The fourth-order valence-corrected chi connectivity index (χ4v) is 3.21. The Kier molecular flexibility index (Phi) is 5.66. The van der Waals surface area contributed by atoms with Crippen LogP contribution in [-0.4, -0.2) is 37.4 Å². The number of hydrogen-bond acceptors (Lipinski definition) is 4. The Balaban J connectivity index is 1.61. The number of benzene rings is 2. The van der Waals surface area contributed by atoms with E-state index < -0.39 is 0 Å². The number of ether oxygens (including phenoxy) is 1. The summed E-state index contributed by atoms with van der Waals surface area (Å²) < 4.78 is 17.6. The van der Waals surface area contributed by atoms with Crippen molar-refractivity contribution in [3.05, 3.63) is 59.7 Å². The average molecular weight is 367 g/mol. The number of nitrogens with zero attached hydrogens (tertiary/aromatic N) is 1. The van der Waals surface area contributed by atoms with Gasteiger partial charge in [-0.3, -0.25) is 4.90 Å². The van der Waals surface area contributed by atoms with Crippen LogP contribution in [0.15, 0.2) is 48.5 Å². The summed E-state index contributed by atoms with van der Waals surface area (Å²) in [6.45, 7) is 10.1. The first kappa shape index (κ1) is 19.9. The van der Waals surface area contributed by atoms with Gasteiger partial charge in [-0.2, -0.15) is 0 Å². The molecular weight excluding hydrogens is 337 g/mol. The van der Waals surface area contributed by atoms with Crippen LogP contribution in [0.3, 0.4) is 0 Å². The molecule has 4 nitrogen and oxygen atoms in total. The van der Waals surface area contributed by atoms with Gasteiger partial charge in [-0.05, 0) is 63.5 Å². The van der Waals surface area contributed by atoms with E-state index in [0.717, 1.165) is 24.3 Å². The summed E-state index contributed by atoms with van der Waals surface area (Å²) in [5, 5.41) is 0. The largest absolute Gasteiger partial charge is 0.497 e. The summed E-state index contributed by atoms with van der Waals surface area (Å²) in [4.78, 5) is 2.29. The van der Waals surface area contributed by atoms with Gasteiger partial charge < -0.3 is 14.0 Å². The Morgan fingerprint density at radius 3 is 2.07 bits per heavy atom. The van der Waals surface area contributed by atoms with Crippen LogP contribution < -0.4 is 10.2 Å².